The van der Waals surface area contributed by atoms with Crippen molar-refractivity contribution in [2.45, 2.75) is 91.4 Å². The van der Waals surface area contributed by atoms with Gasteiger partial charge in [0.1, 0.15) is 11.7 Å². The summed E-state index contributed by atoms with van der Waals surface area (Å²) in [5, 5.41) is 0. The summed E-state index contributed by atoms with van der Waals surface area (Å²) in [7, 11) is 0. The molecule has 0 spiro atoms. The normalized spacial score (nSPS) is 19.8. The van der Waals surface area contributed by atoms with Crippen LogP contribution in [-0.4, -0.2) is 47.9 Å². The van der Waals surface area contributed by atoms with E-state index in [1.165, 1.54) is 6.08 Å². The maximum atomic E-state index is 12.7. The van der Waals surface area contributed by atoms with Crippen LogP contribution in [-0.2, 0) is 19.0 Å². The van der Waals surface area contributed by atoms with Crippen LogP contribution in [0.15, 0.2) is 36.1 Å². The van der Waals surface area contributed by atoms with Gasteiger partial charge < -0.3 is 14.2 Å². The number of hydrogen-bond acceptors (Lipinski definition) is 5. The molecule has 0 radical (unpaired) electrons. The number of amides is 1. The highest BCUT2D eigenvalue weighted by Crippen LogP contribution is 2.27. The number of esters is 1. The Bertz CT molecular complexity index is 644. The molecule has 0 aromatic carbocycles. The second kappa shape index (κ2) is 12.5. The molecular weight excluding hydrogens is 382 g/mol. The molecule has 0 aliphatic carbocycles. The van der Waals surface area contributed by atoms with Gasteiger partial charge in [0.05, 0.1) is 25.0 Å². The van der Waals surface area contributed by atoms with Gasteiger partial charge in [-0.25, -0.2) is 9.59 Å². The zero-order valence-electron chi connectivity index (χ0n) is 19.5. The first kappa shape index (κ1) is 25.8. The molecule has 0 saturated carbocycles. The van der Waals surface area contributed by atoms with Crippen LogP contribution in [0.25, 0.3) is 0 Å². The molecule has 1 fully saturated rings. The lowest BCUT2D eigenvalue weighted by atomic mass is 10.1. The molecule has 1 amide bonds. The van der Waals surface area contributed by atoms with Crippen molar-refractivity contribution in [3.8, 4) is 0 Å². The Kier molecular flexibility index (Phi) is 10.7. The fraction of sp³-hybridized carbons (Fsp3) is 0.667. The highest BCUT2D eigenvalue weighted by atomic mass is 16.6. The first-order valence-corrected chi connectivity index (χ1v) is 10.9. The van der Waals surface area contributed by atoms with E-state index in [1.54, 1.807) is 17.9 Å². The SMILES string of the molecule is C=C(CCCC)C/C(=C\C)O[C@@H]1C[C@@H](/C=C/C(=O)OCC)N(C(=O)OC(C)(C)C)C1. The van der Waals surface area contributed by atoms with Crippen LogP contribution in [0.1, 0.15) is 73.6 Å². The minimum atomic E-state index is -0.600. The van der Waals surface area contributed by atoms with Gasteiger partial charge in [0.25, 0.3) is 0 Å². The Hall–Kier alpha value is -2.24. The average molecular weight is 422 g/mol. The summed E-state index contributed by atoms with van der Waals surface area (Å²) in [6, 6.07) is -0.296. The molecule has 1 heterocycles. The van der Waals surface area contributed by atoms with Crippen LogP contribution >= 0.6 is 0 Å². The number of ether oxygens (including phenoxy) is 3. The predicted molar refractivity (Wildman–Crippen MR) is 119 cm³/mol. The molecule has 0 aromatic rings. The summed E-state index contributed by atoms with van der Waals surface area (Å²) >= 11 is 0. The highest BCUT2D eigenvalue weighted by Gasteiger charge is 2.37. The van der Waals surface area contributed by atoms with Crippen LogP contribution < -0.4 is 0 Å². The average Bonchev–Trinajstić information content (AvgIpc) is 3.06. The van der Waals surface area contributed by atoms with E-state index in [9.17, 15) is 9.59 Å². The molecule has 0 aromatic heterocycles. The third-order valence-electron chi connectivity index (χ3n) is 4.62. The summed E-state index contributed by atoms with van der Waals surface area (Å²) in [5.74, 6) is 0.438. The number of allylic oxidation sites excluding steroid dienone is 2. The van der Waals surface area contributed by atoms with Crippen molar-refractivity contribution in [1.82, 2.24) is 4.90 Å². The molecule has 1 saturated heterocycles. The van der Waals surface area contributed by atoms with Crippen molar-refractivity contribution in [2.75, 3.05) is 13.2 Å². The Labute approximate surface area is 181 Å². The number of rotatable bonds is 10. The third-order valence-corrected chi connectivity index (χ3v) is 4.62. The van der Waals surface area contributed by atoms with Crippen molar-refractivity contribution < 1.29 is 23.8 Å². The second-order valence-corrected chi connectivity index (χ2v) is 8.57. The molecule has 1 aliphatic rings. The van der Waals surface area contributed by atoms with Gasteiger partial charge in [-0.2, -0.15) is 0 Å². The topological polar surface area (TPSA) is 65.1 Å². The molecule has 0 bridgehead atoms. The molecule has 30 heavy (non-hydrogen) atoms. The van der Waals surface area contributed by atoms with Crippen molar-refractivity contribution in [2.24, 2.45) is 0 Å². The first-order chi connectivity index (χ1) is 14.1. The minimum Gasteiger partial charge on any atom is -0.493 e. The lowest BCUT2D eigenvalue weighted by molar-refractivity contribution is -0.137. The molecule has 0 N–H and O–H groups in total. The van der Waals surface area contributed by atoms with E-state index < -0.39 is 17.7 Å². The number of carbonyl (C=O) groups excluding carboxylic acids is 2. The van der Waals surface area contributed by atoms with Crippen LogP contribution in [0.3, 0.4) is 0 Å². The van der Waals surface area contributed by atoms with E-state index >= 15 is 0 Å². The summed E-state index contributed by atoms with van der Waals surface area (Å²) in [6.45, 7) is 16.2. The summed E-state index contributed by atoms with van der Waals surface area (Å²) in [4.78, 5) is 26.0. The van der Waals surface area contributed by atoms with Gasteiger partial charge in [-0.1, -0.05) is 31.6 Å². The van der Waals surface area contributed by atoms with Crippen LogP contribution in [0.4, 0.5) is 4.79 Å². The van der Waals surface area contributed by atoms with Crippen molar-refractivity contribution in [3.05, 3.63) is 36.1 Å². The molecule has 1 rings (SSSR count). The minimum absolute atomic E-state index is 0.181. The van der Waals surface area contributed by atoms with E-state index in [-0.39, 0.29) is 12.1 Å². The standard InChI is InChI=1S/C24H39NO5/c1-8-11-12-18(4)15-20(9-2)29-21-16-19(13-14-22(26)28-10-3)25(17-21)23(27)30-24(5,6)7/h9,13-14,19,21H,4,8,10-12,15-17H2,1-3,5-7H3/b14-13+,20-9+/t19-,21-/m1/s1. The molecule has 170 valence electrons. The number of likely N-dealkylation sites (tertiary alicyclic amines) is 1. The molecule has 2 atom stereocenters. The van der Waals surface area contributed by atoms with Gasteiger partial charge in [0.2, 0.25) is 0 Å². The predicted octanol–water partition coefficient (Wildman–Crippen LogP) is 5.54. The molecule has 1 aliphatic heterocycles. The lowest BCUT2D eigenvalue weighted by Gasteiger charge is -2.27. The van der Waals surface area contributed by atoms with Crippen LogP contribution in [0, 0.1) is 0 Å². The van der Waals surface area contributed by atoms with E-state index in [1.807, 2.05) is 33.8 Å². The van der Waals surface area contributed by atoms with Gasteiger partial charge in [-0.15, -0.1) is 0 Å². The lowest BCUT2D eigenvalue weighted by Crippen LogP contribution is -2.39. The largest absolute Gasteiger partial charge is 0.493 e. The Morgan fingerprint density at radius 3 is 2.50 bits per heavy atom. The van der Waals surface area contributed by atoms with E-state index in [2.05, 4.69) is 13.5 Å². The van der Waals surface area contributed by atoms with E-state index in [4.69, 9.17) is 14.2 Å². The smallest absolute Gasteiger partial charge is 0.410 e. The molecular formula is C24H39NO5. The fourth-order valence-corrected chi connectivity index (χ4v) is 3.19. The number of unbranched alkanes of at least 4 members (excludes halogenated alkanes) is 1. The van der Waals surface area contributed by atoms with E-state index in [0.29, 0.717) is 26.0 Å². The Balaban J connectivity index is 2.85. The van der Waals surface area contributed by atoms with Crippen LogP contribution in [0.2, 0.25) is 0 Å². The van der Waals surface area contributed by atoms with Crippen molar-refractivity contribution in [1.29, 1.82) is 0 Å². The summed E-state index contributed by atoms with van der Waals surface area (Å²) < 4.78 is 16.7. The van der Waals surface area contributed by atoms with Gasteiger partial charge in [0.15, 0.2) is 0 Å². The zero-order chi connectivity index (χ0) is 22.7. The monoisotopic (exact) mass is 421 g/mol. The summed E-state index contributed by atoms with van der Waals surface area (Å²) in [6.07, 6.45) is 8.93. The quantitative estimate of drug-likeness (QED) is 0.200. The highest BCUT2D eigenvalue weighted by molar-refractivity contribution is 5.82. The van der Waals surface area contributed by atoms with Crippen LogP contribution in [0.5, 0.6) is 0 Å². The number of hydrogen-bond donors (Lipinski definition) is 0. The second-order valence-electron chi connectivity index (χ2n) is 8.57. The molecule has 6 heteroatoms. The summed E-state index contributed by atoms with van der Waals surface area (Å²) in [5.41, 5.74) is 0.544. The maximum Gasteiger partial charge on any atom is 0.410 e. The number of nitrogens with zero attached hydrogens (tertiary/aromatic N) is 1. The zero-order valence-corrected chi connectivity index (χ0v) is 19.5. The van der Waals surface area contributed by atoms with Crippen molar-refractivity contribution >= 4 is 12.1 Å². The first-order valence-electron chi connectivity index (χ1n) is 10.9. The maximum absolute atomic E-state index is 12.7. The Morgan fingerprint density at radius 2 is 1.93 bits per heavy atom. The third kappa shape index (κ3) is 9.51. The molecule has 6 nitrogen and oxygen atoms in total. The van der Waals surface area contributed by atoms with Gasteiger partial charge in [0, 0.05) is 18.9 Å². The molecule has 0 unspecified atom stereocenters. The van der Waals surface area contributed by atoms with Crippen molar-refractivity contribution in [3.63, 3.8) is 0 Å². The van der Waals surface area contributed by atoms with Gasteiger partial charge in [-0.05, 0) is 53.5 Å². The van der Waals surface area contributed by atoms with E-state index in [0.717, 1.165) is 30.6 Å². The number of carbonyl (C=O) groups is 2. The fourth-order valence-electron chi connectivity index (χ4n) is 3.19. The van der Waals surface area contributed by atoms with Gasteiger partial charge >= 0.3 is 12.1 Å². The Morgan fingerprint density at radius 1 is 1.23 bits per heavy atom. The van der Waals surface area contributed by atoms with Gasteiger partial charge in [-0.3, -0.25) is 4.90 Å².